The van der Waals surface area contributed by atoms with Gasteiger partial charge in [0, 0.05) is 17.7 Å². The number of carbonyl (C=O) groups excluding carboxylic acids is 2. The minimum Gasteiger partial charge on any atom is -0.495 e. The monoisotopic (exact) mass is 402 g/mol. The zero-order chi connectivity index (χ0) is 21.3. The number of carbonyl (C=O) groups is 2. The summed E-state index contributed by atoms with van der Waals surface area (Å²) in [4.78, 5) is 24.7. The number of hydrogen-bond donors (Lipinski definition) is 2. The molecule has 0 aliphatic rings. The summed E-state index contributed by atoms with van der Waals surface area (Å²) in [5.74, 6) is 0.299. The highest BCUT2D eigenvalue weighted by Gasteiger charge is 2.10. The molecule has 3 rings (SSSR count). The first-order valence-electron chi connectivity index (χ1n) is 10.0. The van der Waals surface area contributed by atoms with Crippen LogP contribution in [0.5, 0.6) is 5.75 Å². The highest BCUT2D eigenvalue weighted by atomic mass is 16.5. The molecule has 0 saturated heterocycles. The van der Waals surface area contributed by atoms with E-state index in [2.05, 4.69) is 41.8 Å². The molecule has 3 aromatic rings. The maximum absolute atomic E-state index is 12.5. The van der Waals surface area contributed by atoms with Gasteiger partial charge >= 0.3 is 0 Å². The molecule has 2 N–H and O–H groups in total. The summed E-state index contributed by atoms with van der Waals surface area (Å²) >= 11 is 0. The molecule has 0 bridgehead atoms. The molecule has 5 heteroatoms. The maximum Gasteiger partial charge on any atom is 0.255 e. The first-order valence-corrected chi connectivity index (χ1v) is 10.0. The van der Waals surface area contributed by atoms with E-state index in [1.807, 2.05) is 12.1 Å². The van der Waals surface area contributed by atoms with Crippen molar-refractivity contribution in [2.45, 2.75) is 26.2 Å². The molecule has 30 heavy (non-hydrogen) atoms. The SMILES string of the molecule is CCc1ccc(CCC(=O)Nc2ccc(C(=O)Nc3ccccc3OC)cc2)cc1. The number of aryl methyl sites for hydroxylation is 2. The van der Waals surface area contributed by atoms with Gasteiger partial charge in [0.2, 0.25) is 5.91 Å². The lowest BCUT2D eigenvalue weighted by Gasteiger charge is -2.10. The molecule has 0 aliphatic carbocycles. The number of amides is 2. The highest BCUT2D eigenvalue weighted by Crippen LogP contribution is 2.24. The zero-order valence-electron chi connectivity index (χ0n) is 17.3. The van der Waals surface area contributed by atoms with Crippen LogP contribution in [0.15, 0.2) is 72.8 Å². The van der Waals surface area contributed by atoms with Gasteiger partial charge in [-0.25, -0.2) is 0 Å². The molecule has 2 amide bonds. The third kappa shape index (κ3) is 5.70. The number of ether oxygens (including phenoxy) is 1. The Kier molecular flexibility index (Phi) is 7.22. The van der Waals surface area contributed by atoms with Crippen LogP contribution in [0.2, 0.25) is 0 Å². The normalized spacial score (nSPS) is 10.3. The molecule has 0 fully saturated rings. The van der Waals surface area contributed by atoms with Crippen molar-refractivity contribution >= 4 is 23.2 Å². The second-order valence-corrected chi connectivity index (χ2v) is 6.95. The van der Waals surface area contributed by atoms with E-state index in [0.717, 1.165) is 12.0 Å². The molecular weight excluding hydrogens is 376 g/mol. The standard InChI is InChI=1S/C25H26N2O3/c1-3-18-8-10-19(11-9-18)12-17-24(28)26-21-15-13-20(14-16-21)25(29)27-22-6-4-5-7-23(22)30-2/h4-11,13-16H,3,12,17H2,1-2H3,(H,26,28)(H,27,29). The molecule has 3 aromatic carbocycles. The summed E-state index contributed by atoms with van der Waals surface area (Å²) in [6.07, 6.45) is 2.10. The Morgan fingerprint density at radius 1 is 0.833 bits per heavy atom. The lowest BCUT2D eigenvalue weighted by Crippen LogP contribution is -2.14. The number of hydrogen-bond acceptors (Lipinski definition) is 3. The summed E-state index contributed by atoms with van der Waals surface area (Å²) < 4.78 is 5.25. The van der Waals surface area contributed by atoms with Crippen molar-refractivity contribution in [1.29, 1.82) is 0 Å². The van der Waals surface area contributed by atoms with Gasteiger partial charge in [0.05, 0.1) is 12.8 Å². The predicted molar refractivity (Wildman–Crippen MR) is 120 cm³/mol. The van der Waals surface area contributed by atoms with Crippen molar-refractivity contribution in [3.8, 4) is 5.75 Å². The molecule has 0 atom stereocenters. The highest BCUT2D eigenvalue weighted by molar-refractivity contribution is 6.05. The summed E-state index contributed by atoms with van der Waals surface area (Å²) in [5, 5.41) is 5.71. The van der Waals surface area contributed by atoms with Crippen LogP contribution in [-0.2, 0) is 17.6 Å². The van der Waals surface area contributed by atoms with Crippen molar-refractivity contribution in [3.63, 3.8) is 0 Å². The smallest absolute Gasteiger partial charge is 0.255 e. The van der Waals surface area contributed by atoms with Gasteiger partial charge in [-0.3, -0.25) is 9.59 Å². The van der Waals surface area contributed by atoms with Crippen LogP contribution < -0.4 is 15.4 Å². The molecule has 0 unspecified atom stereocenters. The fourth-order valence-corrected chi connectivity index (χ4v) is 3.07. The van der Waals surface area contributed by atoms with Gasteiger partial charge in [-0.1, -0.05) is 43.3 Å². The average molecular weight is 402 g/mol. The molecule has 0 saturated carbocycles. The van der Waals surface area contributed by atoms with Crippen molar-refractivity contribution in [2.75, 3.05) is 17.7 Å². The Labute approximate surface area is 177 Å². The van der Waals surface area contributed by atoms with Gasteiger partial charge in [-0.05, 0) is 60.4 Å². The molecule has 0 heterocycles. The summed E-state index contributed by atoms with van der Waals surface area (Å²) in [6, 6.07) is 22.4. The second-order valence-electron chi connectivity index (χ2n) is 6.95. The number of nitrogens with one attached hydrogen (secondary N) is 2. The van der Waals surface area contributed by atoms with E-state index in [9.17, 15) is 9.59 Å². The van der Waals surface area contributed by atoms with Gasteiger partial charge in [0.25, 0.3) is 5.91 Å². The molecule has 0 aliphatic heterocycles. The van der Waals surface area contributed by atoms with Crippen molar-refractivity contribution in [3.05, 3.63) is 89.5 Å². The van der Waals surface area contributed by atoms with Crippen molar-refractivity contribution in [2.24, 2.45) is 0 Å². The topological polar surface area (TPSA) is 67.4 Å². The van der Waals surface area contributed by atoms with E-state index in [-0.39, 0.29) is 11.8 Å². The Morgan fingerprint density at radius 2 is 1.50 bits per heavy atom. The van der Waals surface area contributed by atoms with E-state index in [0.29, 0.717) is 35.5 Å². The molecular formula is C25H26N2O3. The molecule has 154 valence electrons. The molecule has 0 radical (unpaired) electrons. The first-order chi connectivity index (χ1) is 14.6. The van der Waals surface area contributed by atoms with Crippen LogP contribution >= 0.6 is 0 Å². The summed E-state index contributed by atoms with van der Waals surface area (Å²) in [7, 11) is 1.56. The van der Waals surface area contributed by atoms with Gasteiger partial charge < -0.3 is 15.4 Å². The van der Waals surface area contributed by atoms with Crippen LogP contribution in [-0.4, -0.2) is 18.9 Å². The lowest BCUT2D eigenvalue weighted by molar-refractivity contribution is -0.116. The van der Waals surface area contributed by atoms with Crippen molar-refractivity contribution < 1.29 is 14.3 Å². The van der Waals surface area contributed by atoms with Crippen LogP contribution in [0.25, 0.3) is 0 Å². The average Bonchev–Trinajstić information content (AvgIpc) is 2.79. The molecule has 0 aromatic heterocycles. The predicted octanol–water partition coefficient (Wildman–Crippen LogP) is 5.08. The molecule has 0 spiro atoms. The number of rotatable bonds is 8. The Bertz CT molecular complexity index is 996. The number of anilines is 2. The second kappa shape index (κ2) is 10.3. The van der Waals surface area contributed by atoms with Crippen molar-refractivity contribution in [1.82, 2.24) is 0 Å². The van der Waals surface area contributed by atoms with Crippen LogP contribution in [0.1, 0.15) is 34.8 Å². The van der Waals surface area contributed by atoms with E-state index >= 15 is 0 Å². The number of methoxy groups -OCH3 is 1. The minimum atomic E-state index is -0.243. The Balaban J connectivity index is 1.53. The number of para-hydroxylation sites is 2. The van der Waals surface area contributed by atoms with E-state index < -0.39 is 0 Å². The van der Waals surface area contributed by atoms with E-state index in [1.54, 1.807) is 43.5 Å². The number of benzene rings is 3. The van der Waals surface area contributed by atoms with Gasteiger partial charge in [0.1, 0.15) is 5.75 Å². The zero-order valence-corrected chi connectivity index (χ0v) is 17.3. The van der Waals surface area contributed by atoms with Crippen LogP contribution in [0, 0.1) is 0 Å². The van der Waals surface area contributed by atoms with Gasteiger partial charge in [-0.2, -0.15) is 0 Å². The minimum absolute atomic E-state index is 0.0548. The van der Waals surface area contributed by atoms with E-state index in [4.69, 9.17) is 4.74 Å². The fraction of sp³-hybridized carbons (Fsp3) is 0.200. The quantitative estimate of drug-likeness (QED) is 0.552. The largest absolute Gasteiger partial charge is 0.495 e. The van der Waals surface area contributed by atoms with E-state index in [1.165, 1.54) is 5.56 Å². The molecule has 5 nitrogen and oxygen atoms in total. The Hall–Kier alpha value is -3.60. The summed E-state index contributed by atoms with van der Waals surface area (Å²) in [5.41, 5.74) is 4.20. The van der Waals surface area contributed by atoms with Crippen LogP contribution in [0.3, 0.4) is 0 Å². The van der Waals surface area contributed by atoms with Gasteiger partial charge in [-0.15, -0.1) is 0 Å². The van der Waals surface area contributed by atoms with Crippen LogP contribution in [0.4, 0.5) is 11.4 Å². The summed E-state index contributed by atoms with van der Waals surface area (Å²) in [6.45, 7) is 2.12. The Morgan fingerprint density at radius 3 is 2.17 bits per heavy atom. The van der Waals surface area contributed by atoms with Gasteiger partial charge in [0.15, 0.2) is 0 Å². The fourth-order valence-electron chi connectivity index (χ4n) is 3.07. The third-order valence-corrected chi connectivity index (χ3v) is 4.86. The maximum atomic E-state index is 12.5. The lowest BCUT2D eigenvalue weighted by atomic mass is 10.1. The first kappa shape index (κ1) is 21.1. The third-order valence-electron chi connectivity index (χ3n) is 4.86.